The van der Waals surface area contributed by atoms with Gasteiger partial charge in [-0.3, -0.25) is 9.78 Å². The number of hydrogen-bond donors (Lipinski definition) is 1. The Balaban J connectivity index is 2.16. The lowest BCUT2D eigenvalue weighted by Crippen LogP contribution is -2.49. The number of carbonyl (C=O) groups is 1. The molecule has 19 heavy (non-hydrogen) atoms. The van der Waals surface area contributed by atoms with Gasteiger partial charge in [-0.05, 0) is 6.07 Å². The smallest absolute Gasteiger partial charge is 0.244 e. The van der Waals surface area contributed by atoms with Gasteiger partial charge < -0.3 is 10.6 Å². The maximum absolute atomic E-state index is 12.3. The van der Waals surface area contributed by atoms with Gasteiger partial charge in [-0.1, -0.05) is 0 Å². The van der Waals surface area contributed by atoms with E-state index >= 15 is 0 Å². The summed E-state index contributed by atoms with van der Waals surface area (Å²) in [6.45, 7) is 2.87. The van der Waals surface area contributed by atoms with Crippen LogP contribution in [0.3, 0.4) is 0 Å². The van der Waals surface area contributed by atoms with Crippen molar-refractivity contribution in [3.05, 3.63) is 18.5 Å². The number of sulfonamides is 1. The first-order valence-electron chi connectivity index (χ1n) is 5.87. The van der Waals surface area contributed by atoms with Crippen LogP contribution >= 0.6 is 0 Å². The van der Waals surface area contributed by atoms with E-state index in [0.29, 0.717) is 18.8 Å². The van der Waals surface area contributed by atoms with Gasteiger partial charge in [0.15, 0.2) is 0 Å². The van der Waals surface area contributed by atoms with Crippen LogP contribution in [-0.4, -0.2) is 54.7 Å². The average Bonchev–Trinajstić information content (AvgIpc) is 2.39. The molecular weight excluding hydrogens is 268 g/mol. The van der Waals surface area contributed by atoms with Gasteiger partial charge in [-0.25, -0.2) is 8.42 Å². The van der Waals surface area contributed by atoms with Crippen LogP contribution in [0.4, 0.5) is 5.69 Å². The van der Waals surface area contributed by atoms with Gasteiger partial charge in [0, 0.05) is 45.5 Å². The lowest BCUT2D eigenvalue weighted by Gasteiger charge is -2.33. The molecule has 0 aromatic carbocycles. The first-order valence-corrected chi connectivity index (χ1v) is 7.31. The van der Waals surface area contributed by atoms with E-state index in [1.807, 2.05) is 0 Å². The fraction of sp³-hybridized carbons (Fsp3) is 0.455. The molecular formula is C11H16N4O3S. The molecule has 0 aliphatic carbocycles. The van der Waals surface area contributed by atoms with Crippen molar-refractivity contribution in [1.29, 1.82) is 0 Å². The van der Waals surface area contributed by atoms with Crippen molar-refractivity contribution < 1.29 is 13.2 Å². The monoisotopic (exact) mass is 284 g/mol. The van der Waals surface area contributed by atoms with E-state index in [0.717, 1.165) is 0 Å². The molecule has 1 aliphatic rings. The number of amides is 1. The Morgan fingerprint density at radius 2 is 1.89 bits per heavy atom. The Hall–Kier alpha value is -1.67. The van der Waals surface area contributed by atoms with Crippen molar-refractivity contribution in [2.45, 2.75) is 11.8 Å². The number of aromatic nitrogens is 1. The van der Waals surface area contributed by atoms with E-state index in [4.69, 9.17) is 5.73 Å². The molecule has 1 fully saturated rings. The van der Waals surface area contributed by atoms with Gasteiger partial charge in [-0.2, -0.15) is 4.31 Å². The van der Waals surface area contributed by atoms with Crippen LogP contribution in [0.1, 0.15) is 6.92 Å². The Morgan fingerprint density at radius 3 is 2.42 bits per heavy atom. The zero-order chi connectivity index (χ0) is 14.0. The number of carbonyl (C=O) groups excluding carboxylic acids is 1. The standard InChI is InChI=1S/C11H16N4O3S/c1-9(16)14-2-4-15(5-3-14)19(17,18)11-6-10(12)7-13-8-11/h6-8H,2-5,12H2,1H3. The molecule has 8 heteroatoms. The number of hydrogen-bond acceptors (Lipinski definition) is 5. The maximum Gasteiger partial charge on any atom is 0.244 e. The number of piperazine rings is 1. The minimum Gasteiger partial charge on any atom is -0.397 e. The first-order chi connectivity index (χ1) is 8.91. The number of nitrogens with zero attached hydrogens (tertiary/aromatic N) is 3. The molecule has 0 saturated carbocycles. The number of anilines is 1. The van der Waals surface area contributed by atoms with Crippen molar-refractivity contribution in [2.75, 3.05) is 31.9 Å². The van der Waals surface area contributed by atoms with Gasteiger partial charge in [0.2, 0.25) is 15.9 Å². The molecule has 0 atom stereocenters. The number of pyridine rings is 1. The van der Waals surface area contributed by atoms with E-state index < -0.39 is 10.0 Å². The van der Waals surface area contributed by atoms with Gasteiger partial charge in [0.05, 0.1) is 5.69 Å². The molecule has 2 N–H and O–H groups in total. The Kier molecular flexibility index (Phi) is 3.72. The van der Waals surface area contributed by atoms with Crippen molar-refractivity contribution in [2.24, 2.45) is 0 Å². The minimum absolute atomic E-state index is 0.0392. The second kappa shape index (κ2) is 5.14. The molecule has 1 saturated heterocycles. The Labute approximate surface area is 112 Å². The predicted molar refractivity (Wildman–Crippen MR) is 69.7 cm³/mol. The summed E-state index contributed by atoms with van der Waals surface area (Å²) in [6, 6.07) is 1.39. The molecule has 2 heterocycles. The molecule has 1 aromatic rings. The summed E-state index contributed by atoms with van der Waals surface area (Å²) in [4.78, 5) is 16.7. The lowest BCUT2D eigenvalue weighted by atomic mass is 10.3. The Morgan fingerprint density at radius 1 is 1.26 bits per heavy atom. The molecule has 2 rings (SSSR count). The van der Waals surface area contributed by atoms with Crippen molar-refractivity contribution in [1.82, 2.24) is 14.2 Å². The third-order valence-corrected chi connectivity index (χ3v) is 4.92. The normalized spacial score (nSPS) is 17.4. The van der Waals surface area contributed by atoms with E-state index in [9.17, 15) is 13.2 Å². The predicted octanol–water partition coefficient (Wildman–Crippen LogP) is -0.483. The van der Waals surface area contributed by atoms with Crippen LogP contribution in [0.15, 0.2) is 23.4 Å². The minimum atomic E-state index is -3.58. The van der Waals surface area contributed by atoms with Gasteiger partial charge in [0.25, 0.3) is 0 Å². The highest BCUT2D eigenvalue weighted by molar-refractivity contribution is 7.89. The van der Waals surface area contributed by atoms with E-state index in [2.05, 4.69) is 4.98 Å². The maximum atomic E-state index is 12.3. The Bertz CT molecular complexity index is 579. The molecule has 1 amide bonds. The van der Waals surface area contributed by atoms with E-state index in [-0.39, 0.29) is 23.9 Å². The zero-order valence-electron chi connectivity index (χ0n) is 10.6. The fourth-order valence-corrected chi connectivity index (χ4v) is 3.39. The molecule has 104 valence electrons. The van der Waals surface area contributed by atoms with Crippen LogP contribution in [0.5, 0.6) is 0 Å². The molecule has 1 aromatic heterocycles. The number of nitrogen functional groups attached to an aromatic ring is 1. The second-order valence-corrected chi connectivity index (χ2v) is 6.30. The number of rotatable bonds is 2. The molecule has 7 nitrogen and oxygen atoms in total. The lowest BCUT2D eigenvalue weighted by molar-refractivity contribution is -0.129. The van der Waals surface area contributed by atoms with E-state index in [1.54, 1.807) is 4.90 Å². The number of nitrogens with two attached hydrogens (primary N) is 1. The first kappa shape index (κ1) is 13.8. The summed E-state index contributed by atoms with van der Waals surface area (Å²) < 4.78 is 26.0. The summed E-state index contributed by atoms with van der Waals surface area (Å²) in [7, 11) is -3.58. The molecule has 0 unspecified atom stereocenters. The third-order valence-electron chi connectivity index (χ3n) is 3.06. The quantitative estimate of drug-likeness (QED) is 0.791. The van der Waals surface area contributed by atoms with Crippen LogP contribution in [0, 0.1) is 0 Å². The largest absolute Gasteiger partial charge is 0.397 e. The van der Waals surface area contributed by atoms with E-state index in [1.165, 1.54) is 29.7 Å². The highest BCUT2D eigenvalue weighted by Crippen LogP contribution is 2.18. The summed E-state index contributed by atoms with van der Waals surface area (Å²) in [5, 5.41) is 0. The summed E-state index contributed by atoms with van der Waals surface area (Å²) in [5.74, 6) is -0.0392. The van der Waals surface area contributed by atoms with Gasteiger partial charge >= 0.3 is 0 Å². The van der Waals surface area contributed by atoms with Gasteiger partial charge in [0.1, 0.15) is 4.90 Å². The molecule has 0 bridgehead atoms. The molecule has 1 aliphatic heterocycles. The summed E-state index contributed by atoms with van der Waals surface area (Å²) in [5.41, 5.74) is 5.86. The van der Waals surface area contributed by atoms with Gasteiger partial charge in [-0.15, -0.1) is 0 Å². The average molecular weight is 284 g/mol. The summed E-state index contributed by atoms with van der Waals surface area (Å²) in [6.07, 6.45) is 2.68. The van der Waals surface area contributed by atoms with Crippen LogP contribution in [-0.2, 0) is 14.8 Å². The zero-order valence-corrected chi connectivity index (χ0v) is 11.4. The SMILES string of the molecule is CC(=O)N1CCN(S(=O)(=O)c2cncc(N)c2)CC1. The molecule has 0 radical (unpaired) electrons. The van der Waals surface area contributed by atoms with Crippen LogP contribution in [0.2, 0.25) is 0 Å². The second-order valence-electron chi connectivity index (χ2n) is 4.36. The van der Waals surface area contributed by atoms with Crippen LogP contribution in [0.25, 0.3) is 0 Å². The third kappa shape index (κ3) is 2.85. The fourth-order valence-electron chi connectivity index (χ4n) is 1.97. The van der Waals surface area contributed by atoms with Crippen molar-refractivity contribution in [3.63, 3.8) is 0 Å². The highest BCUT2D eigenvalue weighted by Gasteiger charge is 2.29. The summed E-state index contributed by atoms with van der Waals surface area (Å²) >= 11 is 0. The van der Waals surface area contributed by atoms with Crippen LogP contribution < -0.4 is 5.73 Å². The molecule has 0 spiro atoms. The topological polar surface area (TPSA) is 96.6 Å². The highest BCUT2D eigenvalue weighted by atomic mass is 32.2. The van der Waals surface area contributed by atoms with Crippen molar-refractivity contribution in [3.8, 4) is 0 Å². The van der Waals surface area contributed by atoms with Crippen molar-refractivity contribution >= 4 is 21.6 Å².